The normalized spacial score (nSPS) is 14.2. The molecule has 0 saturated carbocycles. The van der Waals surface area contributed by atoms with Crippen molar-refractivity contribution >= 4 is 38.3 Å². The summed E-state index contributed by atoms with van der Waals surface area (Å²) in [6.07, 6.45) is 0.299. The van der Waals surface area contributed by atoms with E-state index in [0.29, 0.717) is 13.0 Å². The molecule has 4 rings (SSSR count). The van der Waals surface area contributed by atoms with E-state index in [9.17, 15) is 4.79 Å². The van der Waals surface area contributed by atoms with Crippen molar-refractivity contribution in [1.29, 1.82) is 0 Å². The van der Waals surface area contributed by atoms with Crippen LogP contribution in [0.5, 0.6) is 5.75 Å². The first-order chi connectivity index (χ1) is 14.1. The number of anilines is 2. The first-order valence-electron chi connectivity index (χ1n) is 9.82. The number of thiazole rings is 1. The maximum absolute atomic E-state index is 12.3. The van der Waals surface area contributed by atoms with Gasteiger partial charge in [-0.2, -0.15) is 0 Å². The molecule has 1 aromatic heterocycles. The fourth-order valence-corrected chi connectivity index (χ4v) is 4.29. The molecule has 0 atom stereocenters. The van der Waals surface area contributed by atoms with Crippen LogP contribution >= 0.6 is 11.3 Å². The molecule has 1 fully saturated rings. The van der Waals surface area contributed by atoms with Crippen molar-refractivity contribution in [3.05, 3.63) is 47.5 Å². The van der Waals surface area contributed by atoms with Gasteiger partial charge in [-0.05, 0) is 49.2 Å². The molecule has 0 spiro atoms. The highest BCUT2D eigenvalue weighted by Gasteiger charge is 2.15. The molecule has 1 aliphatic rings. The van der Waals surface area contributed by atoms with Crippen molar-refractivity contribution in [3.8, 4) is 5.75 Å². The zero-order chi connectivity index (χ0) is 20.2. The number of nitrogens with zero attached hydrogens (tertiary/aromatic N) is 2. The molecule has 152 valence electrons. The fraction of sp³-hybridized carbons (Fsp3) is 0.364. The van der Waals surface area contributed by atoms with E-state index < -0.39 is 0 Å². The Morgan fingerprint density at radius 3 is 2.90 bits per heavy atom. The van der Waals surface area contributed by atoms with Crippen molar-refractivity contribution in [1.82, 2.24) is 4.98 Å². The largest absolute Gasteiger partial charge is 0.493 e. The van der Waals surface area contributed by atoms with Crippen molar-refractivity contribution in [3.63, 3.8) is 0 Å². The molecule has 2 heterocycles. The molecular formula is C22H25N3O3S. The monoisotopic (exact) mass is 411 g/mol. The van der Waals surface area contributed by atoms with Crippen LogP contribution < -0.4 is 15.0 Å². The Morgan fingerprint density at radius 2 is 2.07 bits per heavy atom. The van der Waals surface area contributed by atoms with E-state index in [1.165, 1.54) is 5.56 Å². The second kappa shape index (κ2) is 8.80. The van der Waals surface area contributed by atoms with E-state index in [1.54, 1.807) is 11.3 Å². The van der Waals surface area contributed by atoms with Crippen LogP contribution in [0.2, 0.25) is 0 Å². The SMILES string of the molecule is Cc1cccc(OCCC(=O)Nc2ccc3nc(N4CCOCC4)sc3c2)c1C. The topological polar surface area (TPSA) is 63.7 Å². The number of carbonyl (C=O) groups is 1. The van der Waals surface area contributed by atoms with Gasteiger partial charge in [-0.3, -0.25) is 4.79 Å². The molecule has 29 heavy (non-hydrogen) atoms. The summed E-state index contributed by atoms with van der Waals surface area (Å²) in [6, 6.07) is 11.8. The molecule has 0 aliphatic carbocycles. The fourth-order valence-electron chi connectivity index (χ4n) is 3.24. The molecular weight excluding hydrogens is 386 g/mol. The number of ether oxygens (including phenoxy) is 2. The lowest BCUT2D eigenvalue weighted by Gasteiger charge is -2.25. The number of benzene rings is 2. The molecule has 1 saturated heterocycles. The summed E-state index contributed by atoms with van der Waals surface area (Å²) in [4.78, 5) is 19.3. The third kappa shape index (κ3) is 4.68. The lowest BCUT2D eigenvalue weighted by Crippen LogP contribution is -2.36. The van der Waals surface area contributed by atoms with Crippen LogP contribution in [0.1, 0.15) is 17.5 Å². The maximum Gasteiger partial charge on any atom is 0.227 e. The Labute approximate surface area is 174 Å². The number of nitrogens with one attached hydrogen (secondary N) is 1. The van der Waals surface area contributed by atoms with Crippen LogP contribution in [0.25, 0.3) is 10.2 Å². The second-order valence-corrected chi connectivity index (χ2v) is 8.13. The number of carbonyl (C=O) groups excluding carboxylic acids is 1. The van der Waals surface area contributed by atoms with E-state index in [-0.39, 0.29) is 5.91 Å². The van der Waals surface area contributed by atoms with Gasteiger partial charge in [0.15, 0.2) is 5.13 Å². The number of morpholine rings is 1. The highest BCUT2D eigenvalue weighted by molar-refractivity contribution is 7.22. The number of aryl methyl sites for hydroxylation is 1. The number of rotatable bonds is 6. The van der Waals surface area contributed by atoms with Crippen LogP contribution in [-0.4, -0.2) is 43.8 Å². The molecule has 0 radical (unpaired) electrons. The molecule has 6 nitrogen and oxygen atoms in total. The zero-order valence-electron chi connectivity index (χ0n) is 16.7. The van der Waals surface area contributed by atoms with E-state index in [2.05, 4.69) is 23.2 Å². The summed E-state index contributed by atoms with van der Waals surface area (Å²) in [5.74, 6) is 0.770. The minimum atomic E-state index is -0.0624. The lowest BCUT2D eigenvalue weighted by atomic mass is 10.1. The summed E-state index contributed by atoms with van der Waals surface area (Å²) in [5, 5.41) is 3.97. The number of hydrogen-bond acceptors (Lipinski definition) is 6. The van der Waals surface area contributed by atoms with Gasteiger partial charge in [0.25, 0.3) is 0 Å². The highest BCUT2D eigenvalue weighted by atomic mass is 32.1. The molecule has 1 amide bonds. The average Bonchev–Trinajstić information content (AvgIpc) is 3.15. The summed E-state index contributed by atoms with van der Waals surface area (Å²) < 4.78 is 12.3. The highest BCUT2D eigenvalue weighted by Crippen LogP contribution is 2.31. The van der Waals surface area contributed by atoms with Crippen LogP contribution in [0.15, 0.2) is 36.4 Å². The molecule has 3 aromatic rings. The Kier molecular flexibility index (Phi) is 5.97. The Hall–Kier alpha value is -2.64. The molecule has 1 aliphatic heterocycles. The van der Waals surface area contributed by atoms with Gasteiger partial charge in [0, 0.05) is 18.8 Å². The van der Waals surface area contributed by atoms with Gasteiger partial charge < -0.3 is 19.7 Å². The van der Waals surface area contributed by atoms with Gasteiger partial charge in [-0.1, -0.05) is 23.5 Å². The van der Waals surface area contributed by atoms with Crippen molar-refractivity contribution in [2.75, 3.05) is 43.1 Å². The maximum atomic E-state index is 12.3. The molecule has 7 heteroatoms. The summed E-state index contributed by atoms with van der Waals surface area (Å²) in [5.41, 5.74) is 4.03. The van der Waals surface area contributed by atoms with Crippen molar-refractivity contribution in [2.45, 2.75) is 20.3 Å². The van der Waals surface area contributed by atoms with E-state index >= 15 is 0 Å². The lowest BCUT2D eigenvalue weighted by molar-refractivity contribution is -0.116. The number of fused-ring (bicyclic) bond motifs is 1. The molecule has 0 unspecified atom stereocenters. The third-order valence-corrected chi connectivity index (χ3v) is 6.16. The Bertz CT molecular complexity index is 1010. The standard InChI is InChI=1S/C22H25N3O3S/c1-15-4-3-5-19(16(15)2)28-11-8-21(26)23-17-6-7-18-20(14-17)29-22(24-18)25-9-12-27-13-10-25/h3-7,14H,8-13H2,1-2H3,(H,23,26). The van der Waals surface area contributed by atoms with Crippen molar-refractivity contribution in [2.24, 2.45) is 0 Å². The van der Waals surface area contributed by atoms with Gasteiger partial charge in [0.2, 0.25) is 5.91 Å². The minimum Gasteiger partial charge on any atom is -0.493 e. The smallest absolute Gasteiger partial charge is 0.227 e. The summed E-state index contributed by atoms with van der Waals surface area (Å²) >= 11 is 1.65. The zero-order valence-corrected chi connectivity index (χ0v) is 17.6. The van der Waals surface area contributed by atoms with Crippen LogP contribution in [0.3, 0.4) is 0 Å². The Balaban J connectivity index is 1.34. The minimum absolute atomic E-state index is 0.0624. The Morgan fingerprint density at radius 1 is 1.24 bits per heavy atom. The van der Waals surface area contributed by atoms with E-state index in [4.69, 9.17) is 14.5 Å². The molecule has 1 N–H and O–H groups in total. The number of aromatic nitrogens is 1. The van der Waals surface area contributed by atoms with Gasteiger partial charge in [0.05, 0.1) is 36.5 Å². The van der Waals surface area contributed by atoms with Gasteiger partial charge >= 0.3 is 0 Å². The van der Waals surface area contributed by atoms with Crippen LogP contribution in [0.4, 0.5) is 10.8 Å². The van der Waals surface area contributed by atoms with Gasteiger partial charge in [0.1, 0.15) is 5.75 Å². The number of hydrogen-bond donors (Lipinski definition) is 1. The van der Waals surface area contributed by atoms with Crippen molar-refractivity contribution < 1.29 is 14.3 Å². The molecule has 2 aromatic carbocycles. The van der Waals surface area contributed by atoms with Crippen LogP contribution in [-0.2, 0) is 9.53 Å². The summed E-state index contributed by atoms with van der Waals surface area (Å²) in [7, 11) is 0. The van der Waals surface area contributed by atoms with E-state index in [0.717, 1.165) is 58.7 Å². The van der Waals surface area contributed by atoms with E-state index in [1.807, 2.05) is 37.3 Å². The third-order valence-electron chi connectivity index (χ3n) is 5.08. The first kappa shape index (κ1) is 19.7. The van der Waals surface area contributed by atoms with Gasteiger partial charge in [-0.15, -0.1) is 0 Å². The predicted octanol–water partition coefficient (Wildman–Crippen LogP) is 4.16. The number of amides is 1. The quantitative estimate of drug-likeness (QED) is 0.660. The van der Waals surface area contributed by atoms with Gasteiger partial charge in [-0.25, -0.2) is 4.98 Å². The molecule has 0 bridgehead atoms. The predicted molar refractivity (Wildman–Crippen MR) is 117 cm³/mol. The second-order valence-electron chi connectivity index (χ2n) is 7.12. The average molecular weight is 412 g/mol. The summed E-state index contributed by atoms with van der Waals surface area (Å²) in [6.45, 7) is 7.63. The van der Waals surface area contributed by atoms with Crippen LogP contribution in [0, 0.1) is 13.8 Å². The first-order valence-corrected chi connectivity index (χ1v) is 10.6.